The summed E-state index contributed by atoms with van der Waals surface area (Å²) in [7, 11) is 3.29. The summed E-state index contributed by atoms with van der Waals surface area (Å²) in [6.45, 7) is 5.69. The second-order valence-electron chi connectivity index (χ2n) is 10.4. The van der Waals surface area contributed by atoms with Crippen molar-refractivity contribution in [3.8, 4) is 17.2 Å². The Labute approximate surface area is 216 Å². The molecule has 1 unspecified atom stereocenters. The van der Waals surface area contributed by atoms with E-state index in [2.05, 4.69) is 21.7 Å². The summed E-state index contributed by atoms with van der Waals surface area (Å²) in [5.74, 6) is 2.85. The van der Waals surface area contributed by atoms with Crippen LogP contribution in [0.25, 0.3) is 16.7 Å². The van der Waals surface area contributed by atoms with Crippen molar-refractivity contribution in [1.82, 2.24) is 29.4 Å². The highest BCUT2D eigenvalue weighted by Crippen LogP contribution is 2.44. The Kier molecular flexibility index (Phi) is 5.66. The van der Waals surface area contributed by atoms with Crippen LogP contribution in [0, 0.1) is 12.8 Å². The molecule has 4 aromatic rings. The summed E-state index contributed by atoms with van der Waals surface area (Å²) in [4.78, 5) is 22.9. The molecule has 2 fully saturated rings. The Bertz CT molecular complexity index is 1470. The summed E-state index contributed by atoms with van der Waals surface area (Å²) in [6.07, 6.45) is 7.42. The number of nitrogens with zero attached hydrogens (tertiary/aromatic N) is 6. The fourth-order valence-electron chi connectivity index (χ4n) is 5.61. The van der Waals surface area contributed by atoms with Crippen LogP contribution in [0.5, 0.6) is 11.5 Å². The highest BCUT2D eigenvalue weighted by atomic mass is 16.5. The highest BCUT2D eigenvalue weighted by Gasteiger charge is 2.46. The van der Waals surface area contributed by atoms with Crippen molar-refractivity contribution in [2.45, 2.75) is 51.6 Å². The maximum Gasteiger partial charge on any atom is 0.256 e. The number of hydrogen-bond acceptors (Lipinski definition) is 6. The Morgan fingerprint density at radius 1 is 1.08 bits per heavy atom. The molecule has 2 aromatic heterocycles. The van der Waals surface area contributed by atoms with Crippen LogP contribution in [0.3, 0.4) is 0 Å². The molecule has 1 atom stereocenters. The van der Waals surface area contributed by atoms with Gasteiger partial charge >= 0.3 is 0 Å². The minimum atomic E-state index is -0.565. The molecule has 1 saturated heterocycles. The second-order valence-corrected chi connectivity index (χ2v) is 10.4. The number of aromatic nitrogens is 5. The number of carbonyl (C=O) groups is 1. The van der Waals surface area contributed by atoms with Gasteiger partial charge in [0.15, 0.2) is 11.5 Å². The molecule has 2 aliphatic rings. The SMILES string of the molecule is COc1cc2nc(C3(C)CCCN3C(=O)c3cc(C)ccc3-n3nccn3)n(CC3CC3)c2cc1OC. The smallest absolute Gasteiger partial charge is 0.256 e. The van der Waals surface area contributed by atoms with E-state index in [1.54, 1.807) is 26.6 Å². The van der Waals surface area contributed by atoms with Crippen LogP contribution in [0.2, 0.25) is 0 Å². The lowest BCUT2D eigenvalue weighted by molar-refractivity contribution is 0.0597. The highest BCUT2D eigenvalue weighted by molar-refractivity contribution is 5.98. The Balaban J connectivity index is 1.48. The number of carbonyl (C=O) groups excluding carboxylic acids is 1. The zero-order valence-electron chi connectivity index (χ0n) is 21.8. The van der Waals surface area contributed by atoms with Crippen LogP contribution in [-0.4, -0.2) is 56.1 Å². The monoisotopic (exact) mass is 500 g/mol. The molecule has 9 nitrogen and oxygen atoms in total. The molecular formula is C28H32N6O3. The minimum Gasteiger partial charge on any atom is -0.493 e. The van der Waals surface area contributed by atoms with E-state index in [-0.39, 0.29) is 5.91 Å². The zero-order chi connectivity index (χ0) is 25.7. The van der Waals surface area contributed by atoms with Gasteiger partial charge in [0.25, 0.3) is 5.91 Å². The lowest BCUT2D eigenvalue weighted by atomic mass is 9.96. The average Bonchev–Trinajstić information content (AvgIpc) is 3.26. The second kappa shape index (κ2) is 8.90. The van der Waals surface area contributed by atoms with Gasteiger partial charge in [-0.2, -0.15) is 15.0 Å². The van der Waals surface area contributed by atoms with E-state index in [1.807, 2.05) is 42.2 Å². The Morgan fingerprint density at radius 3 is 2.51 bits per heavy atom. The van der Waals surface area contributed by atoms with E-state index in [1.165, 1.54) is 17.6 Å². The van der Waals surface area contributed by atoms with Crippen LogP contribution in [0.1, 0.15) is 54.4 Å². The molecule has 1 amide bonds. The molecule has 9 heteroatoms. The first kappa shape index (κ1) is 23.5. The van der Waals surface area contributed by atoms with Gasteiger partial charge in [0.05, 0.1) is 54.4 Å². The van der Waals surface area contributed by atoms with Gasteiger partial charge in [-0.15, -0.1) is 0 Å². The first-order valence-electron chi connectivity index (χ1n) is 12.8. The average molecular weight is 501 g/mol. The largest absolute Gasteiger partial charge is 0.493 e. The molecule has 0 N–H and O–H groups in total. The van der Waals surface area contributed by atoms with Crippen molar-refractivity contribution in [3.05, 3.63) is 59.7 Å². The molecule has 0 bridgehead atoms. The minimum absolute atomic E-state index is 0.0313. The van der Waals surface area contributed by atoms with Gasteiger partial charge in [-0.25, -0.2) is 4.98 Å². The molecule has 192 valence electrons. The van der Waals surface area contributed by atoms with Gasteiger partial charge in [-0.05, 0) is 57.6 Å². The van der Waals surface area contributed by atoms with E-state index in [0.29, 0.717) is 35.2 Å². The van der Waals surface area contributed by atoms with Gasteiger partial charge in [-0.1, -0.05) is 11.6 Å². The van der Waals surface area contributed by atoms with Crippen molar-refractivity contribution >= 4 is 16.9 Å². The molecule has 1 aliphatic carbocycles. The molecule has 2 aromatic carbocycles. The van der Waals surface area contributed by atoms with Crippen LogP contribution in [0.4, 0.5) is 0 Å². The van der Waals surface area contributed by atoms with E-state index >= 15 is 0 Å². The fourth-order valence-corrected chi connectivity index (χ4v) is 5.61. The number of imidazole rings is 1. The topological polar surface area (TPSA) is 87.3 Å². The van der Waals surface area contributed by atoms with Crippen molar-refractivity contribution in [3.63, 3.8) is 0 Å². The van der Waals surface area contributed by atoms with Gasteiger partial charge in [0.2, 0.25) is 0 Å². The fraction of sp³-hybridized carbons (Fsp3) is 0.429. The number of aryl methyl sites for hydroxylation is 1. The summed E-state index contributed by atoms with van der Waals surface area (Å²) in [5.41, 5.74) is 3.58. The van der Waals surface area contributed by atoms with Crippen molar-refractivity contribution in [2.75, 3.05) is 20.8 Å². The number of ether oxygens (including phenoxy) is 2. The molecule has 0 spiro atoms. The van der Waals surface area contributed by atoms with Crippen LogP contribution < -0.4 is 9.47 Å². The van der Waals surface area contributed by atoms with Gasteiger partial charge in [0, 0.05) is 25.2 Å². The lowest BCUT2D eigenvalue weighted by Crippen LogP contribution is -2.45. The van der Waals surface area contributed by atoms with Crippen LogP contribution >= 0.6 is 0 Å². The van der Waals surface area contributed by atoms with Crippen molar-refractivity contribution in [2.24, 2.45) is 5.92 Å². The quantitative estimate of drug-likeness (QED) is 0.371. The van der Waals surface area contributed by atoms with Crippen LogP contribution in [0.15, 0.2) is 42.7 Å². The molecule has 6 rings (SSSR count). The van der Waals surface area contributed by atoms with Gasteiger partial charge < -0.3 is 18.9 Å². The predicted octanol–water partition coefficient (Wildman–Crippen LogP) is 4.50. The first-order valence-corrected chi connectivity index (χ1v) is 12.8. The predicted molar refractivity (Wildman–Crippen MR) is 139 cm³/mol. The molecule has 0 radical (unpaired) electrons. The third-order valence-corrected chi connectivity index (χ3v) is 7.78. The molecule has 1 saturated carbocycles. The Hall–Kier alpha value is -3.88. The number of hydrogen-bond donors (Lipinski definition) is 0. The molecule has 3 heterocycles. The molecule has 37 heavy (non-hydrogen) atoms. The maximum absolute atomic E-state index is 14.2. The number of fused-ring (bicyclic) bond motifs is 1. The first-order chi connectivity index (χ1) is 17.9. The number of likely N-dealkylation sites (tertiary alicyclic amines) is 1. The van der Waals surface area contributed by atoms with Crippen LogP contribution in [-0.2, 0) is 12.1 Å². The van der Waals surface area contributed by atoms with Gasteiger partial charge in [0.1, 0.15) is 5.82 Å². The number of benzene rings is 2. The van der Waals surface area contributed by atoms with E-state index in [9.17, 15) is 4.79 Å². The third kappa shape index (κ3) is 3.93. The summed E-state index contributed by atoms with van der Waals surface area (Å²) in [6, 6.07) is 9.78. The van der Waals surface area contributed by atoms with Gasteiger partial charge in [-0.3, -0.25) is 4.79 Å². The normalized spacial score (nSPS) is 19.5. The number of rotatable bonds is 7. The number of methoxy groups -OCH3 is 2. The summed E-state index contributed by atoms with van der Waals surface area (Å²) < 4.78 is 13.5. The van der Waals surface area contributed by atoms with Crippen molar-refractivity contribution in [1.29, 1.82) is 0 Å². The van der Waals surface area contributed by atoms with E-state index in [0.717, 1.165) is 41.8 Å². The standard InChI is InChI=1S/C28H32N6O3/c1-18-6-9-22(34-29-11-12-30-34)20(14-18)26(35)33-13-5-10-28(33,2)27-31-21-15-24(36-3)25(37-4)16-23(21)32(27)17-19-7-8-19/h6,9,11-12,14-16,19H,5,7-8,10,13,17H2,1-4H3. The molecule has 1 aliphatic heterocycles. The Morgan fingerprint density at radius 2 is 1.81 bits per heavy atom. The zero-order valence-corrected chi connectivity index (χ0v) is 21.8. The lowest BCUT2D eigenvalue weighted by Gasteiger charge is -2.35. The summed E-state index contributed by atoms with van der Waals surface area (Å²) in [5, 5.41) is 8.58. The number of amides is 1. The van der Waals surface area contributed by atoms with E-state index in [4.69, 9.17) is 14.5 Å². The van der Waals surface area contributed by atoms with Crippen molar-refractivity contribution < 1.29 is 14.3 Å². The summed E-state index contributed by atoms with van der Waals surface area (Å²) >= 11 is 0. The third-order valence-electron chi connectivity index (χ3n) is 7.78. The maximum atomic E-state index is 14.2. The van der Waals surface area contributed by atoms with E-state index < -0.39 is 5.54 Å². The molecular weight excluding hydrogens is 468 g/mol.